The number of anilines is 1. The number of amides is 1. The minimum absolute atomic E-state index is 0.163. The summed E-state index contributed by atoms with van der Waals surface area (Å²) < 4.78 is 5.20. The van der Waals surface area contributed by atoms with E-state index in [-0.39, 0.29) is 11.5 Å². The van der Waals surface area contributed by atoms with Gasteiger partial charge in [0.1, 0.15) is 17.4 Å². The number of piperazine rings is 1. The van der Waals surface area contributed by atoms with Crippen molar-refractivity contribution in [3.63, 3.8) is 0 Å². The second-order valence-corrected chi connectivity index (χ2v) is 6.51. The summed E-state index contributed by atoms with van der Waals surface area (Å²) in [6, 6.07) is 17.8. The molecule has 0 atom stereocenters. The van der Waals surface area contributed by atoms with E-state index >= 15 is 0 Å². The van der Waals surface area contributed by atoms with Crippen molar-refractivity contribution in [3.8, 4) is 11.8 Å². The van der Waals surface area contributed by atoms with E-state index in [0.29, 0.717) is 13.1 Å². The molecule has 2 aromatic carbocycles. The number of carbonyl (C=O) groups excluding carboxylic acids is 1. The lowest BCUT2D eigenvalue weighted by Crippen LogP contribution is -2.49. The molecule has 0 bridgehead atoms. The number of aryl methyl sites for hydroxylation is 1. The number of rotatable bonds is 4. The summed E-state index contributed by atoms with van der Waals surface area (Å²) in [7, 11) is 1.61. The van der Waals surface area contributed by atoms with Gasteiger partial charge in [-0.25, -0.2) is 0 Å². The molecule has 5 nitrogen and oxygen atoms in total. The molecule has 0 aliphatic carbocycles. The predicted octanol–water partition coefficient (Wildman–Crippen LogP) is 3.26. The lowest BCUT2D eigenvalue weighted by molar-refractivity contribution is -0.126. The molecule has 0 N–H and O–H groups in total. The predicted molar refractivity (Wildman–Crippen MR) is 107 cm³/mol. The van der Waals surface area contributed by atoms with Crippen molar-refractivity contribution >= 4 is 17.7 Å². The van der Waals surface area contributed by atoms with Crippen LogP contribution in [-0.4, -0.2) is 44.1 Å². The van der Waals surface area contributed by atoms with Gasteiger partial charge >= 0.3 is 0 Å². The molecule has 0 aromatic heterocycles. The second kappa shape index (κ2) is 8.41. The second-order valence-electron chi connectivity index (χ2n) is 6.51. The molecule has 0 unspecified atom stereocenters. The average Bonchev–Trinajstić information content (AvgIpc) is 2.73. The quantitative estimate of drug-likeness (QED) is 0.620. The van der Waals surface area contributed by atoms with E-state index in [1.807, 2.05) is 43.3 Å². The van der Waals surface area contributed by atoms with Crippen LogP contribution in [0.2, 0.25) is 0 Å². The highest BCUT2D eigenvalue weighted by atomic mass is 16.5. The summed E-state index contributed by atoms with van der Waals surface area (Å²) in [4.78, 5) is 16.8. The Hall–Kier alpha value is -3.26. The van der Waals surface area contributed by atoms with Crippen LogP contribution in [0.5, 0.6) is 5.75 Å². The van der Waals surface area contributed by atoms with Crippen molar-refractivity contribution in [2.75, 3.05) is 38.2 Å². The zero-order valence-corrected chi connectivity index (χ0v) is 15.7. The third-order valence-electron chi connectivity index (χ3n) is 4.82. The maximum atomic E-state index is 12.8. The van der Waals surface area contributed by atoms with Gasteiger partial charge in [0.05, 0.1) is 7.11 Å². The molecule has 0 spiro atoms. The first-order valence-corrected chi connectivity index (χ1v) is 8.98. The number of para-hydroxylation sites is 1. The first kappa shape index (κ1) is 18.5. The van der Waals surface area contributed by atoms with Gasteiger partial charge < -0.3 is 14.5 Å². The van der Waals surface area contributed by atoms with E-state index in [1.165, 1.54) is 0 Å². The number of hydrogen-bond donors (Lipinski definition) is 0. The topological polar surface area (TPSA) is 56.6 Å². The molecule has 2 aromatic rings. The molecule has 1 aliphatic heterocycles. The standard InChI is InChI=1S/C22H23N3O2/c1-17-14-21(27-2)9-8-18(17)15-19(16-23)22(26)25-12-10-24(11-13-25)20-6-4-3-5-7-20/h3-9,14-15H,10-13H2,1-2H3/b19-15-. The molecule has 0 radical (unpaired) electrons. The first-order chi connectivity index (χ1) is 13.1. The van der Waals surface area contributed by atoms with Crippen LogP contribution in [0.25, 0.3) is 6.08 Å². The van der Waals surface area contributed by atoms with E-state index in [2.05, 4.69) is 23.1 Å². The van der Waals surface area contributed by atoms with Crippen LogP contribution < -0.4 is 9.64 Å². The summed E-state index contributed by atoms with van der Waals surface area (Å²) in [6.07, 6.45) is 1.67. The Morgan fingerprint density at radius 1 is 1.11 bits per heavy atom. The Labute approximate surface area is 160 Å². The molecule has 3 rings (SSSR count). The molecule has 1 amide bonds. The van der Waals surface area contributed by atoms with Crippen molar-refractivity contribution < 1.29 is 9.53 Å². The molecule has 1 aliphatic rings. The minimum atomic E-state index is -0.208. The van der Waals surface area contributed by atoms with Gasteiger partial charge in [-0.3, -0.25) is 4.79 Å². The van der Waals surface area contributed by atoms with Crippen LogP contribution in [0.15, 0.2) is 54.1 Å². The molecule has 0 saturated carbocycles. The van der Waals surface area contributed by atoms with Crippen LogP contribution in [-0.2, 0) is 4.79 Å². The van der Waals surface area contributed by atoms with Crippen molar-refractivity contribution in [1.82, 2.24) is 4.90 Å². The van der Waals surface area contributed by atoms with Gasteiger partial charge in [-0.15, -0.1) is 0 Å². The normalized spacial score (nSPS) is 14.6. The summed E-state index contributed by atoms with van der Waals surface area (Å²) in [6.45, 7) is 4.67. The van der Waals surface area contributed by atoms with E-state index in [4.69, 9.17) is 4.74 Å². The Morgan fingerprint density at radius 2 is 1.81 bits per heavy atom. The fourth-order valence-electron chi connectivity index (χ4n) is 3.21. The van der Waals surface area contributed by atoms with E-state index in [1.54, 1.807) is 18.1 Å². The van der Waals surface area contributed by atoms with Crippen LogP contribution in [0, 0.1) is 18.3 Å². The van der Waals surface area contributed by atoms with E-state index < -0.39 is 0 Å². The Morgan fingerprint density at radius 3 is 2.41 bits per heavy atom. The summed E-state index contributed by atoms with van der Waals surface area (Å²) >= 11 is 0. The number of ether oxygens (including phenoxy) is 1. The Balaban J connectivity index is 1.70. The van der Waals surface area contributed by atoms with Gasteiger partial charge in [0.25, 0.3) is 5.91 Å². The number of carbonyl (C=O) groups is 1. The summed E-state index contributed by atoms with van der Waals surface area (Å²) in [5.41, 5.74) is 3.14. The third-order valence-corrected chi connectivity index (χ3v) is 4.82. The van der Waals surface area contributed by atoms with Gasteiger partial charge in [0, 0.05) is 31.9 Å². The van der Waals surface area contributed by atoms with Gasteiger partial charge in [-0.2, -0.15) is 5.26 Å². The van der Waals surface area contributed by atoms with Crippen molar-refractivity contribution in [2.45, 2.75) is 6.92 Å². The number of nitrogens with zero attached hydrogens (tertiary/aromatic N) is 3. The lowest BCUT2D eigenvalue weighted by atomic mass is 10.0. The monoisotopic (exact) mass is 361 g/mol. The van der Waals surface area contributed by atoms with E-state index in [9.17, 15) is 10.1 Å². The zero-order valence-electron chi connectivity index (χ0n) is 15.7. The molecule has 27 heavy (non-hydrogen) atoms. The fraction of sp³-hybridized carbons (Fsp3) is 0.273. The SMILES string of the molecule is COc1ccc(/C=C(/C#N)C(=O)N2CCN(c3ccccc3)CC2)c(C)c1. The smallest absolute Gasteiger partial charge is 0.264 e. The number of methoxy groups -OCH3 is 1. The molecule has 1 saturated heterocycles. The Bertz CT molecular complexity index is 876. The van der Waals surface area contributed by atoms with Gasteiger partial charge in [-0.1, -0.05) is 24.3 Å². The van der Waals surface area contributed by atoms with Crippen molar-refractivity contribution in [2.24, 2.45) is 0 Å². The van der Waals surface area contributed by atoms with Crippen molar-refractivity contribution in [1.29, 1.82) is 5.26 Å². The molecule has 1 fully saturated rings. The molecule has 5 heteroatoms. The zero-order chi connectivity index (χ0) is 19.2. The van der Waals surface area contributed by atoms with E-state index in [0.717, 1.165) is 35.7 Å². The van der Waals surface area contributed by atoms with Crippen LogP contribution in [0.3, 0.4) is 0 Å². The maximum Gasteiger partial charge on any atom is 0.264 e. The highest BCUT2D eigenvalue weighted by Crippen LogP contribution is 2.21. The van der Waals surface area contributed by atoms with Crippen LogP contribution in [0.1, 0.15) is 11.1 Å². The largest absolute Gasteiger partial charge is 0.497 e. The molecule has 1 heterocycles. The van der Waals surface area contributed by atoms with Crippen LogP contribution >= 0.6 is 0 Å². The van der Waals surface area contributed by atoms with Gasteiger partial charge in [-0.05, 0) is 48.4 Å². The summed E-state index contributed by atoms with van der Waals surface area (Å²) in [5, 5.41) is 9.51. The maximum absolute atomic E-state index is 12.8. The van der Waals surface area contributed by atoms with Gasteiger partial charge in [0.15, 0.2) is 0 Å². The number of hydrogen-bond acceptors (Lipinski definition) is 4. The number of benzene rings is 2. The number of nitriles is 1. The average molecular weight is 361 g/mol. The lowest BCUT2D eigenvalue weighted by Gasteiger charge is -2.36. The van der Waals surface area contributed by atoms with Crippen LogP contribution in [0.4, 0.5) is 5.69 Å². The summed E-state index contributed by atoms with van der Waals surface area (Å²) in [5.74, 6) is 0.548. The van der Waals surface area contributed by atoms with Gasteiger partial charge in [0.2, 0.25) is 0 Å². The highest BCUT2D eigenvalue weighted by Gasteiger charge is 2.23. The molecule has 138 valence electrons. The third kappa shape index (κ3) is 4.29. The molecular formula is C22H23N3O2. The van der Waals surface area contributed by atoms with Crippen molar-refractivity contribution in [3.05, 3.63) is 65.2 Å². The minimum Gasteiger partial charge on any atom is -0.497 e. The molecular weight excluding hydrogens is 338 g/mol. The Kier molecular flexibility index (Phi) is 5.77. The highest BCUT2D eigenvalue weighted by molar-refractivity contribution is 6.02. The first-order valence-electron chi connectivity index (χ1n) is 8.98. The fourth-order valence-corrected chi connectivity index (χ4v) is 3.21.